The molecule has 2 aromatic rings. The topological polar surface area (TPSA) is 108 Å². The Morgan fingerprint density at radius 3 is 2.52 bits per heavy atom. The highest BCUT2D eigenvalue weighted by Gasteiger charge is 2.28. The number of ketones is 1. The van der Waals surface area contributed by atoms with Gasteiger partial charge in [0.25, 0.3) is 0 Å². The summed E-state index contributed by atoms with van der Waals surface area (Å²) < 4.78 is 36.1. The van der Waals surface area contributed by atoms with E-state index in [1.807, 2.05) is 0 Å². The summed E-state index contributed by atoms with van der Waals surface area (Å²) >= 11 is 0. The molecule has 1 N–H and O–H groups in total. The first-order valence-corrected chi connectivity index (χ1v) is 9.43. The maximum Gasteiger partial charge on any atom is 0.220 e. The molecule has 0 bridgehead atoms. The van der Waals surface area contributed by atoms with E-state index in [1.54, 1.807) is 6.92 Å². The normalized spacial score (nSPS) is 15.0. The lowest BCUT2D eigenvalue weighted by Crippen LogP contribution is -2.39. The van der Waals surface area contributed by atoms with Crippen molar-refractivity contribution in [3.63, 3.8) is 0 Å². The molecule has 134 valence electrons. The van der Waals surface area contributed by atoms with Gasteiger partial charge in [0.15, 0.2) is 15.6 Å². The van der Waals surface area contributed by atoms with Crippen LogP contribution in [-0.2, 0) is 21.6 Å². The van der Waals surface area contributed by atoms with E-state index in [9.17, 15) is 18.3 Å². The number of sulfone groups is 1. The second kappa shape index (κ2) is 6.16. The predicted molar refractivity (Wildman–Crippen MR) is 87.8 cm³/mol. The SMILES string of the molecule is Cc1c(C(=O)c2cnn(C)c2O)ccc(S(C)(=O)=O)c1OC1COC1. The molecule has 3 rings (SSSR count). The quantitative estimate of drug-likeness (QED) is 0.782. The summed E-state index contributed by atoms with van der Waals surface area (Å²) in [5.41, 5.74) is 0.671. The van der Waals surface area contributed by atoms with Crippen LogP contribution in [0.25, 0.3) is 0 Å². The van der Waals surface area contributed by atoms with Crippen molar-refractivity contribution in [3.8, 4) is 11.6 Å². The van der Waals surface area contributed by atoms with Crippen molar-refractivity contribution >= 4 is 15.6 Å². The molecule has 0 saturated carbocycles. The Balaban J connectivity index is 2.10. The highest BCUT2D eigenvalue weighted by molar-refractivity contribution is 7.90. The summed E-state index contributed by atoms with van der Waals surface area (Å²) in [5.74, 6) is -0.575. The van der Waals surface area contributed by atoms with Crippen molar-refractivity contribution in [2.24, 2.45) is 7.05 Å². The number of aryl methyl sites for hydroxylation is 1. The predicted octanol–water partition coefficient (Wildman–Crippen LogP) is 0.846. The highest BCUT2D eigenvalue weighted by Crippen LogP contribution is 2.34. The number of carbonyl (C=O) groups is 1. The number of aromatic hydroxyl groups is 1. The number of ether oxygens (including phenoxy) is 2. The Morgan fingerprint density at radius 1 is 1.36 bits per heavy atom. The van der Waals surface area contributed by atoms with E-state index in [1.165, 1.54) is 30.1 Å². The van der Waals surface area contributed by atoms with Crippen LogP contribution in [-0.4, -0.2) is 54.7 Å². The summed E-state index contributed by atoms with van der Waals surface area (Å²) in [6, 6.07) is 2.77. The lowest BCUT2D eigenvalue weighted by atomic mass is 10.00. The van der Waals surface area contributed by atoms with Gasteiger partial charge in [-0.25, -0.2) is 13.1 Å². The van der Waals surface area contributed by atoms with Crippen molar-refractivity contribution in [3.05, 3.63) is 35.0 Å². The zero-order chi connectivity index (χ0) is 18.4. The van der Waals surface area contributed by atoms with Crippen molar-refractivity contribution in [1.82, 2.24) is 9.78 Å². The van der Waals surface area contributed by atoms with E-state index in [0.29, 0.717) is 18.8 Å². The van der Waals surface area contributed by atoms with Crippen molar-refractivity contribution in [1.29, 1.82) is 0 Å². The average Bonchev–Trinajstić information content (AvgIpc) is 2.82. The second-order valence-electron chi connectivity index (χ2n) is 5.95. The number of nitrogens with zero attached hydrogens (tertiary/aromatic N) is 2. The molecule has 1 fully saturated rings. The lowest BCUT2D eigenvalue weighted by molar-refractivity contribution is -0.0809. The molecule has 0 spiro atoms. The fourth-order valence-electron chi connectivity index (χ4n) is 2.54. The summed E-state index contributed by atoms with van der Waals surface area (Å²) in [4.78, 5) is 12.8. The molecule has 8 nitrogen and oxygen atoms in total. The molecular formula is C16H18N2O6S. The minimum atomic E-state index is -3.54. The molecule has 0 aliphatic carbocycles. The molecule has 1 aliphatic rings. The Hall–Kier alpha value is -2.39. The molecule has 1 saturated heterocycles. The minimum absolute atomic E-state index is 0.0175. The van der Waals surface area contributed by atoms with Crippen LogP contribution in [0, 0.1) is 6.92 Å². The van der Waals surface area contributed by atoms with Crippen LogP contribution in [0.4, 0.5) is 0 Å². The fraction of sp³-hybridized carbons (Fsp3) is 0.375. The Morgan fingerprint density at radius 2 is 2.04 bits per heavy atom. The molecule has 0 amide bonds. The van der Waals surface area contributed by atoms with Gasteiger partial charge >= 0.3 is 0 Å². The van der Waals surface area contributed by atoms with Gasteiger partial charge in [-0.1, -0.05) is 0 Å². The summed E-state index contributed by atoms with van der Waals surface area (Å²) in [6.45, 7) is 2.35. The van der Waals surface area contributed by atoms with E-state index in [4.69, 9.17) is 9.47 Å². The molecule has 0 atom stereocenters. The zero-order valence-electron chi connectivity index (χ0n) is 14.0. The van der Waals surface area contributed by atoms with Gasteiger partial charge in [0, 0.05) is 24.4 Å². The van der Waals surface area contributed by atoms with Crippen LogP contribution in [0.5, 0.6) is 11.6 Å². The third-order valence-corrected chi connectivity index (χ3v) is 5.18. The first-order chi connectivity index (χ1) is 11.7. The number of rotatable bonds is 5. The first kappa shape index (κ1) is 17.4. The number of aromatic nitrogens is 2. The van der Waals surface area contributed by atoms with E-state index >= 15 is 0 Å². The third-order valence-electron chi connectivity index (χ3n) is 4.06. The molecular weight excluding hydrogens is 348 g/mol. The lowest BCUT2D eigenvalue weighted by Gasteiger charge is -2.28. The maximum absolute atomic E-state index is 12.7. The zero-order valence-corrected chi connectivity index (χ0v) is 14.8. The van der Waals surface area contributed by atoms with Crippen LogP contribution in [0.2, 0.25) is 0 Å². The van der Waals surface area contributed by atoms with Gasteiger partial charge < -0.3 is 14.6 Å². The van der Waals surface area contributed by atoms with Gasteiger partial charge in [0.05, 0.1) is 19.4 Å². The first-order valence-electron chi connectivity index (χ1n) is 7.54. The monoisotopic (exact) mass is 366 g/mol. The standard InChI is InChI=1S/C16H18N2O6S/c1-9-11(14(19)12-6-17-18(2)16(12)20)4-5-13(25(3,21)22)15(9)24-10-7-23-8-10/h4-6,10,20H,7-8H2,1-3H3. The van der Waals surface area contributed by atoms with Crippen LogP contribution < -0.4 is 4.74 Å². The van der Waals surface area contributed by atoms with Gasteiger partial charge in [0.2, 0.25) is 5.88 Å². The second-order valence-corrected chi connectivity index (χ2v) is 7.93. The van der Waals surface area contributed by atoms with Crippen molar-refractivity contribution < 1.29 is 27.8 Å². The van der Waals surface area contributed by atoms with Crippen molar-refractivity contribution in [2.45, 2.75) is 17.9 Å². The van der Waals surface area contributed by atoms with Crippen LogP contribution in [0.3, 0.4) is 0 Å². The van der Waals surface area contributed by atoms with Gasteiger partial charge in [-0.15, -0.1) is 0 Å². The molecule has 1 aromatic carbocycles. The molecule has 0 radical (unpaired) electrons. The summed E-state index contributed by atoms with van der Waals surface area (Å²) in [6.07, 6.45) is 2.10. The minimum Gasteiger partial charge on any atom is -0.493 e. The molecule has 0 unspecified atom stereocenters. The molecule has 9 heteroatoms. The van der Waals surface area contributed by atoms with Gasteiger partial charge in [0.1, 0.15) is 22.3 Å². The molecule has 25 heavy (non-hydrogen) atoms. The van der Waals surface area contributed by atoms with Crippen LogP contribution >= 0.6 is 0 Å². The third kappa shape index (κ3) is 3.12. The van der Waals surface area contributed by atoms with Crippen LogP contribution in [0.1, 0.15) is 21.5 Å². The van der Waals surface area contributed by atoms with Crippen molar-refractivity contribution in [2.75, 3.05) is 19.5 Å². The average molecular weight is 366 g/mol. The van der Waals surface area contributed by atoms with E-state index in [-0.39, 0.29) is 33.8 Å². The maximum atomic E-state index is 12.7. The van der Waals surface area contributed by atoms with Gasteiger partial charge in [-0.2, -0.15) is 5.10 Å². The molecule has 1 aliphatic heterocycles. The largest absolute Gasteiger partial charge is 0.493 e. The number of carbonyl (C=O) groups excluding carboxylic acids is 1. The summed E-state index contributed by atoms with van der Waals surface area (Å²) in [5, 5.41) is 13.8. The van der Waals surface area contributed by atoms with E-state index in [2.05, 4.69) is 5.10 Å². The van der Waals surface area contributed by atoms with E-state index in [0.717, 1.165) is 6.26 Å². The van der Waals surface area contributed by atoms with Gasteiger partial charge in [-0.3, -0.25) is 4.79 Å². The molecule has 2 heterocycles. The van der Waals surface area contributed by atoms with E-state index < -0.39 is 15.6 Å². The Labute approximate surface area is 144 Å². The summed E-state index contributed by atoms with van der Waals surface area (Å²) in [7, 11) is -2.03. The fourth-order valence-corrected chi connectivity index (χ4v) is 3.39. The van der Waals surface area contributed by atoms with Crippen LogP contribution in [0.15, 0.2) is 23.2 Å². The highest BCUT2D eigenvalue weighted by atomic mass is 32.2. The smallest absolute Gasteiger partial charge is 0.220 e. The Kier molecular flexibility index (Phi) is 4.29. The molecule has 1 aromatic heterocycles. The Bertz CT molecular complexity index is 944. The number of benzene rings is 1. The number of hydrogen-bond acceptors (Lipinski definition) is 7. The number of hydrogen-bond donors (Lipinski definition) is 1. The van der Waals surface area contributed by atoms with Gasteiger partial charge in [-0.05, 0) is 19.1 Å².